The van der Waals surface area contributed by atoms with Gasteiger partial charge in [-0.25, -0.2) is 8.42 Å². The van der Waals surface area contributed by atoms with E-state index in [4.69, 9.17) is 11.6 Å². The minimum atomic E-state index is -4.80. The number of alkyl halides is 3. The first-order valence-corrected chi connectivity index (χ1v) is 15.7. The van der Waals surface area contributed by atoms with Gasteiger partial charge >= 0.3 is 6.18 Å². The quantitative estimate of drug-likeness (QED) is 0.238. The zero-order valence-electron chi connectivity index (χ0n) is 24.1. The van der Waals surface area contributed by atoms with Crippen molar-refractivity contribution in [3.8, 4) is 0 Å². The fraction of sp³-hybridized carbons (Fsp3) is 0.355. The summed E-state index contributed by atoms with van der Waals surface area (Å²) in [5.41, 5.74) is -0.756. The highest BCUT2D eigenvalue weighted by Gasteiger charge is 2.37. The highest BCUT2D eigenvalue weighted by molar-refractivity contribution is 7.92. The monoisotopic (exact) mass is 637 g/mol. The van der Waals surface area contributed by atoms with Gasteiger partial charge in [0.2, 0.25) is 11.8 Å². The van der Waals surface area contributed by atoms with Gasteiger partial charge < -0.3 is 10.2 Å². The van der Waals surface area contributed by atoms with E-state index in [9.17, 15) is 31.2 Å². The number of hydrogen-bond acceptors (Lipinski definition) is 4. The number of benzene rings is 3. The second-order valence-electron chi connectivity index (χ2n) is 10.1. The predicted octanol–water partition coefficient (Wildman–Crippen LogP) is 6.32. The molecule has 0 radical (unpaired) electrons. The Balaban J connectivity index is 2.10. The first kappa shape index (κ1) is 33.9. The van der Waals surface area contributed by atoms with Crippen LogP contribution < -0.4 is 9.62 Å². The van der Waals surface area contributed by atoms with E-state index in [1.807, 2.05) is 44.2 Å². The molecule has 3 aromatic carbocycles. The maximum absolute atomic E-state index is 14.1. The molecule has 12 heteroatoms. The Hall–Kier alpha value is -3.57. The van der Waals surface area contributed by atoms with Crippen LogP contribution in [0.25, 0.3) is 0 Å². The Bertz CT molecular complexity index is 1490. The van der Waals surface area contributed by atoms with Crippen molar-refractivity contribution in [3.63, 3.8) is 0 Å². The number of anilines is 1. The van der Waals surface area contributed by atoms with Gasteiger partial charge in [0.15, 0.2) is 0 Å². The number of rotatable bonds is 13. The van der Waals surface area contributed by atoms with Gasteiger partial charge in [-0.2, -0.15) is 13.2 Å². The van der Waals surface area contributed by atoms with E-state index in [0.717, 1.165) is 17.7 Å². The Morgan fingerprint density at radius 2 is 1.53 bits per heavy atom. The normalized spacial score (nSPS) is 13.2. The van der Waals surface area contributed by atoms with Crippen LogP contribution in [-0.4, -0.2) is 50.3 Å². The molecule has 43 heavy (non-hydrogen) atoms. The minimum absolute atomic E-state index is 0.0603. The van der Waals surface area contributed by atoms with Crippen LogP contribution in [-0.2, 0) is 32.2 Å². The lowest BCUT2D eigenvalue weighted by Gasteiger charge is -2.34. The summed E-state index contributed by atoms with van der Waals surface area (Å²) in [4.78, 5) is 28.4. The SMILES string of the molecule is CC[C@H](C)NC(=O)[C@H](CC)N(CCc1ccccc1)C(=O)CN(c1cc(C(F)(F)F)ccc1Cl)S(=O)(=O)c1ccccc1. The van der Waals surface area contributed by atoms with Gasteiger partial charge in [-0.15, -0.1) is 0 Å². The van der Waals surface area contributed by atoms with Crippen molar-refractivity contribution in [3.05, 3.63) is 95.0 Å². The molecule has 0 fully saturated rings. The van der Waals surface area contributed by atoms with Crippen molar-refractivity contribution in [1.82, 2.24) is 10.2 Å². The van der Waals surface area contributed by atoms with Gasteiger partial charge in [0.1, 0.15) is 12.6 Å². The molecule has 0 saturated carbocycles. The maximum Gasteiger partial charge on any atom is 0.416 e. The summed E-state index contributed by atoms with van der Waals surface area (Å²) in [6, 6.07) is 17.4. The molecule has 0 aliphatic rings. The molecule has 0 saturated heterocycles. The van der Waals surface area contributed by atoms with Crippen LogP contribution in [0.3, 0.4) is 0 Å². The molecule has 3 aromatic rings. The molecular weight excluding hydrogens is 603 g/mol. The summed E-state index contributed by atoms with van der Waals surface area (Å²) in [5, 5.41) is 2.58. The van der Waals surface area contributed by atoms with Crippen LogP contribution in [0.15, 0.2) is 83.8 Å². The Morgan fingerprint density at radius 3 is 2.09 bits per heavy atom. The maximum atomic E-state index is 14.1. The lowest BCUT2D eigenvalue weighted by Crippen LogP contribution is -2.54. The van der Waals surface area contributed by atoms with Crippen LogP contribution in [0.5, 0.6) is 0 Å². The van der Waals surface area contributed by atoms with Crippen molar-refractivity contribution in [2.75, 3.05) is 17.4 Å². The summed E-state index contributed by atoms with van der Waals surface area (Å²) >= 11 is 6.29. The van der Waals surface area contributed by atoms with Gasteiger partial charge in [-0.1, -0.05) is 74.0 Å². The van der Waals surface area contributed by atoms with E-state index < -0.39 is 51.9 Å². The molecule has 2 amide bonds. The summed E-state index contributed by atoms with van der Waals surface area (Å²) in [6.45, 7) is 4.62. The molecule has 0 unspecified atom stereocenters. The third-order valence-corrected chi connectivity index (χ3v) is 9.12. The highest BCUT2D eigenvalue weighted by Crippen LogP contribution is 2.37. The first-order chi connectivity index (χ1) is 20.3. The number of amides is 2. The van der Waals surface area contributed by atoms with Crippen LogP contribution in [0.4, 0.5) is 18.9 Å². The second kappa shape index (κ2) is 14.7. The molecule has 1 N–H and O–H groups in total. The zero-order valence-corrected chi connectivity index (χ0v) is 25.7. The van der Waals surface area contributed by atoms with E-state index in [-0.39, 0.29) is 28.9 Å². The third-order valence-electron chi connectivity index (χ3n) is 7.02. The fourth-order valence-electron chi connectivity index (χ4n) is 4.45. The van der Waals surface area contributed by atoms with E-state index in [1.54, 1.807) is 13.0 Å². The average molecular weight is 638 g/mol. The molecular formula is C31H35ClF3N3O4S. The van der Waals surface area contributed by atoms with Crippen molar-refractivity contribution in [2.45, 2.75) is 63.2 Å². The molecule has 0 bridgehead atoms. The van der Waals surface area contributed by atoms with E-state index in [0.29, 0.717) is 23.2 Å². The Labute approximate surface area is 255 Å². The standard InChI is InChI=1S/C31H35ClF3N3O4S/c1-4-22(3)36-30(40)27(5-2)37(19-18-23-12-8-6-9-13-23)29(39)21-38(43(41,42)25-14-10-7-11-15-25)28-20-24(31(33,34)35)16-17-26(28)32/h6-17,20,22,27H,4-5,18-19,21H2,1-3H3,(H,36,40)/t22-,27-/m0/s1. The smallest absolute Gasteiger partial charge is 0.352 e. The predicted molar refractivity (Wildman–Crippen MR) is 161 cm³/mol. The molecule has 2 atom stereocenters. The largest absolute Gasteiger partial charge is 0.416 e. The molecule has 3 rings (SSSR count). The molecule has 232 valence electrons. The fourth-order valence-corrected chi connectivity index (χ4v) is 6.17. The van der Waals surface area contributed by atoms with Crippen molar-refractivity contribution < 1.29 is 31.2 Å². The summed E-state index contributed by atoms with van der Waals surface area (Å²) in [5.74, 6) is -1.18. The van der Waals surface area contributed by atoms with Gasteiger partial charge in [0, 0.05) is 12.6 Å². The number of carbonyl (C=O) groups is 2. The Kier molecular flexibility index (Phi) is 11.6. The van der Waals surface area contributed by atoms with Gasteiger partial charge in [-0.3, -0.25) is 13.9 Å². The van der Waals surface area contributed by atoms with Crippen molar-refractivity contribution in [1.29, 1.82) is 0 Å². The molecule has 0 aliphatic carbocycles. The van der Waals surface area contributed by atoms with Crippen LogP contribution in [0.1, 0.15) is 44.7 Å². The number of hydrogen-bond donors (Lipinski definition) is 1. The molecule has 0 spiro atoms. The molecule has 0 aliphatic heterocycles. The number of nitrogens with zero attached hydrogens (tertiary/aromatic N) is 2. The topological polar surface area (TPSA) is 86.8 Å². The summed E-state index contributed by atoms with van der Waals surface area (Å²) < 4.78 is 69.4. The van der Waals surface area contributed by atoms with E-state index >= 15 is 0 Å². The number of halogens is 4. The summed E-state index contributed by atoms with van der Waals surface area (Å²) in [6.07, 6.45) is -3.57. The lowest BCUT2D eigenvalue weighted by molar-refractivity contribution is -0.139. The van der Waals surface area contributed by atoms with Crippen LogP contribution in [0.2, 0.25) is 5.02 Å². The second-order valence-corrected chi connectivity index (χ2v) is 12.3. The summed E-state index contributed by atoms with van der Waals surface area (Å²) in [7, 11) is -4.58. The van der Waals surface area contributed by atoms with Gasteiger partial charge in [-0.05, 0) is 62.1 Å². The third kappa shape index (κ3) is 8.73. The van der Waals surface area contributed by atoms with Gasteiger partial charge in [0.25, 0.3) is 10.0 Å². The van der Waals surface area contributed by atoms with Crippen LogP contribution in [0, 0.1) is 0 Å². The lowest BCUT2D eigenvalue weighted by atomic mass is 10.1. The number of carbonyl (C=O) groups excluding carboxylic acids is 2. The molecule has 7 nitrogen and oxygen atoms in total. The van der Waals surface area contributed by atoms with Crippen molar-refractivity contribution in [2.24, 2.45) is 0 Å². The minimum Gasteiger partial charge on any atom is -0.352 e. The molecule has 0 aromatic heterocycles. The van der Waals surface area contributed by atoms with Crippen LogP contribution >= 0.6 is 11.6 Å². The Morgan fingerprint density at radius 1 is 0.930 bits per heavy atom. The van der Waals surface area contributed by atoms with Gasteiger partial charge in [0.05, 0.1) is 21.2 Å². The zero-order chi connectivity index (χ0) is 31.8. The molecule has 0 heterocycles. The highest BCUT2D eigenvalue weighted by atomic mass is 35.5. The number of sulfonamides is 1. The number of nitrogens with one attached hydrogen (secondary N) is 1. The average Bonchev–Trinajstić information content (AvgIpc) is 2.98. The van der Waals surface area contributed by atoms with E-state index in [1.165, 1.54) is 29.2 Å². The van der Waals surface area contributed by atoms with Crippen molar-refractivity contribution >= 4 is 39.1 Å². The van der Waals surface area contributed by atoms with E-state index in [2.05, 4.69) is 5.32 Å². The first-order valence-electron chi connectivity index (χ1n) is 13.9.